The quantitative estimate of drug-likeness (QED) is 0.737. The molecule has 0 bridgehead atoms. The van der Waals surface area contributed by atoms with Crippen LogP contribution in [0.3, 0.4) is 0 Å². The Morgan fingerprint density at radius 1 is 1.14 bits per heavy atom. The van der Waals surface area contributed by atoms with Gasteiger partial charge in [0, 0.05) is 0 Å². The first-order chi connectivity index (χ1) is 6.54. The molecule has 2 fully saturated rings. The average molecular weight is 196 g/mol. The first kappa shape index (κ1) is 10.0. The summed E-state index contributed by atoms with van der Waals surface area (Å²) in [4.78, 5) is 11.2. The van der Waals surface area contributed by atoms with E-state index in [4.69, 9.17) is 0 Å². The van der Waals surface area contributed by atoms with E-state index in [1.807, 2.05) is 0 Å². The first-order valence-electron chi connectivity index (χ1n) is 5.78. The van der Waals surface area contributed by atoms with E-state index in [1.165, 1.54) is 6.42 Å². The van der Waals surface area contributed by atoms with Gasteiger partial charge in [-0.05, 0) is 49.9 Å². The second kappa shape index (κ2) is 3.25. The highest BCUT2D eigenvalue weighted by Gasteiger charge is 2.56. The Labute approximate surface area is 85.7 Å². The molecule has 2 saturated carbocycles. The van der Waals surface area contributed by atoms with Gasteiger partial charge in [-0.25, -0.2) is 0 Å². The van der Waals surface area contributed by atoms with Crippen LogP contribution in [0.4, 0.5) is 0 Å². The van der Waals surface area contributed by atoms with Crippen molar-refractivity contribution in [3.05, 3.63) is 0 Å². The third-order valence-corrected chi connectivity index (χ3v) is 4.17. The largest absolute Gasteiger partial charge is 0.481 e. The molecule has 80 valence electrons. The molecule has 0 aromatic heterocycles. The molecule has 2 heteroatoms. The summed E-state index contributed by atoms with van der Waals surface area (Å²) in [6, 6.07) is 0. The zero-order valence-corrected chi connectivity index (χ0v) is 9.12. The van der Waals surface area contributed by atoms with Gasteiger partial charge in [0.2, 0.25) is 0 Å². The van der Waals surface area contributed by atoms with E-state index < -0.39 is 5.97 Å². The summed E-state index contributed by atoms with van der Waals surface area (Å²) in [5, 5.41) is 9.23. The number of carboxylic acid groups (broad SMARTS) is 1. The van der Waals surface area contributed by atoms with E-state index in [1.54, 1.807) is 0 Å². The van der Waals surface area contributed by atoms with Crippen molar-refractivity contribution in [2.24, 2.45) is 23.2 Å². The average Bonchev–Trinajstić information content (AvgIpc) is 2.81. The van der Waals surface area contributed by atoms with Crippen LogP contribution in [0.5, 0.6) is 0 Å². The van der Waals surface area contributed by atoms with Gasteiger partial charge in [0.15, 0.2) is 0 Å². The van der Waals surface area contributed by atoms with Gasteiger partial charge < -0.3 is 5.11 Å². The lowest BCUT2D eigenvalue weighted by Crippen LogP contribution is -2.31. The van der Waals surface area contributed by atoms with Crippen LogP contribution in [0.25, 0.3) is 0 Å². The van der Waals surface area contributed by atoms with Crippen LogP contribution in [-0.2, 0) is 4.79 Å². The van der Waals surface area contributed by atoms with Crippen molar-refractivity contribution in [2.75, 3.05) is 0 Å². The van der Waals surface area contributed by atoms with Gasteiger partial charge in [0.25, 0.3) is 0 Å². The van der Waals surface area contributed by atoms with Gasteiger partial charge in [-0.1, -0.05) is 13.8 Å². The highest BCUT2D eigenvalue weighted by atomic mass is 16.4. The molecule has 1 N–H and O–H groups in total. The number of carbonyl (C=O) groups is 1. The second-order valence-electron chi connectivity index (χ2n) is 5.58. The van der Waals surface area contributed by atoms with E-state index in [0.717, 1.165) is 37.5 Å². The van der Waals surface area contributed by atoms with E-state index >= 15 is 0 Å². The highest BCUT2D eigenvalue weighted by molar-refractivity contribution is 5.78. The van der Waals surface area contributed by atoms with Crippen LogP contribution < -0.4 is 0 Å². The van der Waals surface area contributed by atoms with E-state index in [0.29, 0.717) is 5.92 Å². The maximum absolute atomic E-state index is 11.2. The van der Waals surface area contributed by atoms with Gasteiger partial charge in [-0.3, -0.25) is 4.79 Å². The molecule has 2 aliphatic carbocycles. The zero-order valence-electron chi connectivity index (χ0n) is 9.12. The summed E-state index contributed by atoms with van der Waals surface area (Å²) < 4.78 is 0. The molecule has 0 saturated heterocycles. The summed E-state index contributed by atoms with van der Waals surface area (Å²) in [5.41, 5.74) is -0.303. The van der Waals surface area contributed by atoms with E-state index in [2.05, 4.69) is 13.8 Å². The van der Waals surface area contributed by atoms with Gasteiger partial charge >= 0.3 is 5.97 Å². The van der Waals surface area contributed by atoms with Crippen LogP contribution >= 0.6 is 0 Å². The molecule has 2 nitrogen and oxygen atoms in total. The molecule has 0 aromatic rings. The highest BCUT2D eigenvalue weighted by Crippen LogP contribution is 2.57. The molecule has 0 aliphatic heterocycles. The third kappa shape index (κ3) is 1.55. The summed E-state index contributed by atoms with van der Waals surface area (Å²) in [5.74, 6) is 1.36. The third-order valence-electron chi connectivity index (χ3n) is 4.17. The van der Waals surface area contributed by atoms with Crippen LogP contribution in [0, 0.1) is 23.2 Å². The van der Waals surface area contributed by atoms with Crippen LogP contribution in [0.15, 0.2) is 0 Å². The van der Waals surface area contributed by atoms with Gasteiger partial charge in [0.05, 0.1) is 5.41 Å². The predicted octanol–water partition coefficient (Wildman–Crippen LogP) is 2.92. The molecule has 0 radical (unpaired) electrons. The van der Waals surface area contributed by atoms with Crippen molar-refractivity contribution in [1.29, 1.82) is 0 Å². The fourth-order valence-corrected chi connectivity index (χ4v) is 3.33. The monoisotopic (exact) mass is 196 g/mol. The molecule has 2 unspecified atom stereocenters. The van der Waals surface area contributed by atoms with Crippen molar-refractivity contribution in [2.45, 2.75) is 46.0 Å². The Morgan fingerprint density at radius 2 is 1.64 bits per heavy atom. The summed E-state index contributed by atoms with van der Waals surface area (Å²) in [6.07, 6.45) is 5.40. The lowest BCUT2D eigenvalue weighted by molar-refractivity contribution is -0.146. The number of rotatable bonds is 2. The molecule has 0 heterocycles. The van der Waals surface area contributed by atoms with Gasteiger partial charge in [-0.2, -0.15) is 0 Å². The maximum atomic E-state index is 11.2. The van der Waals surface area contributed by atoms with E-state index in [-0.39, 0.29) is 5.41 Å². The summed E-state index contributed by atoms with van der Waals surface area (Å²) in [7, 11) is 0. The maximum Gasteiger partial charge on any atom is 0.309 e. The SMILES string of the molecule is CC1CC(C)CC(C2(C(=O)O)CC2)C1. The van der Waals surface area contributed by atoms with Crippen LogP contribution in [0.1, 0.15) is 46.0 Å². The molecule has 2 aliphatic rings. The Hall–Kier alpha value is -0.530. The molecule has 0 spiro atoms. The minimum Gasteiger partial charge on any atom is -0.481 e. The smallest absolute Gasteiger partial charge is 0.309 e. The van der Waals surface area contributed by atoms with Gasteiger partial charge in [0.1, 0.15) is 0 Å². The Kier molecular flexibility index (Phi) is 2.32. The number of aliphatic carboxylic acids is 1. The molecule has 2 rings (SSSR count). The van der Waals surface area contributed by atoms with Crippen LogP contribution in [-0.4, -0.2) is 11.1 Å². The van der Waals surface area contributed by atoms with E-state index in [9.17, 15) is 9.90 Å². The number of carboxylic acids is 1. The Morgan fingerprint density at radius 3 is 2.00 bits per heavy atom. The topological polar surface area (TPSA) is 37.3 Å². The summed E-state index contributed by atoms with van der Waals surface area (Å²) >= 11 is 0. The number of hydrogen-bond acceptors (Lipinski definition) is 1. The minimum atomic E-state index is -0.538. The van der Waals surface area contributed by atoms with Gasteiger partial charge in [-0.15, -0.1) is 0 Å². The molecular weight excluding hydrogens is 176 g/mol. The van der Waals surface area contributed by atoms with Crippen molar-refractivity contribution < 1.29 is 9.90 Å². The normalized spacial score (nSPS) is 40.6. The molecular formula is C12H20O2. The fourth-order valence-electron chi connectivity index (χ4n) is 3.33. The van der Waals surface area contributed by atoms with Crippen molar-refractivity contribution >= 4 is 5.97 Å². The lowest BCUT2D eigenvalue weighted by Gasteiger charge is -2.35. The van der Waals surface area contributed by atoms with Crippen molar-refractivity contribution in [3.8, 4) is 0 Å². The molecule has 0 aromatic carbocycles. The summed E-state index contributed by atoms with van der Waals surface area (Å²) in [6.45, 7) is 4.53. The molecule has 0 amide bonds. The first-order valence-corrected chi connectivity index (χ1v) is 5.78. The van der Waals surface area contributed by atoms with Crippen molar-refractivity contribution in [3.63, 3.8) is 0 Å². The molecule has 2 atom stereocenters. The number of hydrogen-bond donors (Lipinski definition) is 1. The standard InChI is InChI=1S/C12H20O2/c1-8-5-9(2)7-10(6-8)12(3-4-12)11(13)14/h8-10H,3-7H2,1-2H3,(H,13,14). The fraction of sp³-hybridized carbons (Fsp3) is 0.917. The van der Waals surface area contributed by atoms with Crippen molar-refractivity contribution in [1.82, 2.24) is 0 Å². The molecule has 14 heavy (non-hydrogen) atoms. The lowest BCUT2D eigenvalue weighted by atomic mass is 9.70. The Bertz CT molecular complexity index is 233. The van der Waals surface area contributed by atoms with Crippen LogP contribution in [0.2, 0.25) is 0 Å². The Balaban J connectivity index is 2.07. The minimum absolute atomic E-state index is 0.303. The second-order valence-corrected chi connectivity index (χ2v) is 5.58. The predicted molar refractivity (Wildman–Crippen MR) is 55.0 cm³/mol. The zero-order chi connectivity index (χ0) is 10.3.